The fraction of sp³-hybridized carbons (Fsp3) is 0.667. The van der Waals surface area contributed by atoms with E-state index >= 15 is 0 Å². The number of ether oxygens (including phenoxy) is 2. The van der Waals surface area contributed by atoms with Crippen LogP contribution in [0.25, 0.3) is 0 Å². The number of anilines is 1. The Morgan fingerprint density at radius 1 is 1.05 bits per heavy atom. The van der Waals surface area contributed by atoms with E-state index < -0.39 is 0 Å². The minimum absolute atomic E-state index is 0.596. The molecule has 0 amide bonds. The van der Waals surface area contributed by atoms with Crippen molar-refractivity contribution in [3.63, 3.8) is 0 Å². The quantitative estimate of drug-likeness (QED) is 0.747. The van der Waals surface area contributed by atoms with Crippen molar-refractivity contribution in [2.45, 2.75) is 46.0 Å². The second-order valence-electron chi connectivity index (χ2n) is 5.88. The molecule has 1 aromatic carbocycles. The van der Waals surface area contributed by atoms with Crippen LogP contribution in [0.1, 0.15) is 45.1 Å². The average Bonchev–Trinajstić information content (AvgIpc) is 2.52. The molecule has 1 fully saturated rings. The lowest BCUT2D eigenvalue weighted by Crippen LogP contribution is -2.30. The van der Waals surface area contributed by atoms with Gasteiger partial charge in [0.05, 0.1) is 18.9 Å². The van der Waals surface area contributed by atoms with Gasteiger partial charge in [0.2, 0.25) is 0 Å². The van der Waals surface area contributed by atoms with E-state index in [2.05, 4.69) is 11.0 Å². The Balaban J connectivity index is 1.94. The summed E-state index contributed by atoms with van der Waals surface area (Å²) in [5.74, 6) is 1.46. The number of nitrogens with two attached hydrogens (primary N) is 1. The van der Waals surface area contributed by atoms with Crippen LogP contribution in [0, 0.1) is 0 Å². The molecule has 1 aliphatic heterocycles. The molecule has 0 aromatic heterocycles. The van der Waals surface area contributed by atoms with Gasteiger partial charge in [-0.1, -0.05) is 6.42 Å². The molecule has 1 aromatic rings. The lowest BCUT2D eigenvalue weighted by molar-refractivity contribution is 0.226. The van der Waals surface area contributed by atoms with E-state index in [1.165, 1.54) is 50.9 Å². The highest BCUT2D eigenvalue weighted by Gasteiger charge is 2.13. The SMILES string of the molecule is CCOc1cc(CCCN2CCCCC2)cc(N)c1OCC. The van der Waals surface area contributed by atoms with Crippen LogP contribution >= 0.6 is 0 Å². The Kier molecular flexibility index (Phi) is 6.84. The van der Waals surface area contributed by atoms with Gasteiger partial charge in [0, 0.05) is 0 Å². The lowest BCUT2D eigenvalue weighted by atomic mass is 10.1. The Morgan fingerprint density at radius 2 is 1.77 bits per heavy atom. The Hall–Kier alpha value is -1.42. The summed E-state index contributed by atoms with van der Waals surface area (Å²) in [7, 11) is 0. The van der Waals surface area contributed by atoms with Gasteiger partial charge in [-0.15, -0.1) is 0 Å². The molecule has 1 heterocycles. The van der Waals surface area contributed by atoms with E-state index in [4.69, 9.17) is 15.2 Å². The summed E-state index contributed by atoms with van der Waals surface area (Å²) >= 11 is 0. The molecule has 22 heavy (non-hydrogen) atoms. The number of aryl methyl sites for hydroxylation is 1. The minimum Gasteiger partial charge on any atom is -0.490 e. The number of nitrogens with zero attached hydrogens (tertiary/aromatic N) is 1. The van der Waals surface area contributed by atoms with Gasteiger partial charge >= 0.3 is 0 Å². The van der Waals surface area contributed by atoms with Crippen LogP contribution in [-0.2, 0) is 6.42 Å². The zero-order chi connectivity index (χ0) is 15.8. The molecular weight excluding hydrogens is 276 g/mol. The molecule has 1 saturated heterocycles. The number of benzene rings is 1. The van der Waals surface area contributed by atoms with Crippen molar-refractivity contribution in [1.82, 2.24) is 4.90 Å². The highest BCUT2D eigenvalue weighted by molar-refractivity contribution is 5.62. The van der Waals surface area contributed by atoms with Crippen LogP contribution in [0.3, 0.4) is 0 Å². The molecule has 124 valence electrons. The highest BCUT2D eigenvalue weighted by atomic mass is 16.5. The number of hydrogen-bond donors (Lipinski definition) is 1. The minimum atomic E-state index is 0.596. The first-order valence-electron chi connectivity index (χ1n) is 8.65. The van der Waals surface area contributed by atoms with Gasteiger partial charge in [0.15, 0.2) is 11.5 Å². The average molecular weight is 306 g/mol. The predicted molar refractivity (Wildman–Crippen MR) is 91.8 cm³/mol. The standard InChI is InChI=1S/C18H30N2O2/c1-3-21-17-14-15(13-16(19)18(17)22-4-2)9-8-12-20-10-6-5-7-11-20/h13-14H,3-12,19H2,1-2H3. The molecule has 0 radical (unpaired) electrons. The van der Waals surface area contributed by atoms with Crippen molar-refractivity contribution in [3.05, 3.63) is 17.7 Å². The summed E-state index contributed by atoms with van der Waals surface area (Å²) in [6.45, 7) is 8.86. The van der Waals surface area contributed by atoms with E-state index in [9.17, 15) is 0 Å². The maximum absolute atomic E-state index is 6.14. The van der Waals surface area contributed by atoms with Crippen LogP contribution in [0.2, 0.25) is 0 Å². The van der Waals surface area contributed by atoms with Crippen LogP contribution in [0.15, 0.2) is 12.1 Å². The van der Waals surface area contributed by atoms with E-state index in [-0.39, 0.29) is 0 Å². The Labute approximate surface area is 134 Å². The summed E-state index contributed by atoms with van der Waals surface area (Å²) in [4.78, 5) is 2.57. The van der Waals surface area contributed by atoms with Gasteiger partial charge in [0.25, 0.3) is 0 Å². The number of nitrogen functional groups attached to an aromatic ring is 1. The smallest absolute Gasteiger partial charge is 0.184 e. The van der Waals surface area contributed by atoms with Gasteiger partial charge in [0.1, 0.15) is 0 Å². The number of rotatable bonds is 8. The van der Waals surface area contributed by atoms with Gasteiger partial charge in [-0.3, -0.25) is 0 Å². The van der Waals surface area contributed by atoms with Gasteiger partial charge in [-0.05, 0) is 76.9 Å². The van der Waals surface area contributed by atoms with E-state index in [1.807, 2.05) is 19.9 Å². The lowest BCUT2D eigenvalue weighted by Gasteiger charge is -2.26. The molecule has 0 saturated carbocycles. The number of hydrogen-bond acceptors (Lipinski definition) is 4. The van der Waals surface area contributed by atoms with Crippen LogP contribution < -0.4 is 15.2 Å². The summed E-state index contributed by atoms with van der Waals surface area (Å²) in [6, 6.07) is 4.12. The van der Waals surface area contributed by atoms with E-state index in [1.54, 1.807) is 0 Å². The maximum atomic E-state index is 6.14. The molecular formula is C18H30N2O2. The van der Waals surface area contributed by atoms with Crippen LogP contribution in [-0.4, -0.2) is 37.7 Å². The van der Waals surface area contributed by atoms with Crippen LogP contribution in [0.4, 0.5) is 5.69 Å². The molecule has 4 nitrogen and oxygen atoms in total. The molecule has 1 aliphatic rings. The number of piperidine rings is 1. The van der Waals surface area contributed by atoms with Gasteiger partial charge in [-0.2, -0.15) is 0 Å². The van der Waals surface area contributed by atoms with Crippen molar-refractivity contribution in [2.24, 2.45) is 0 Å². The highest BCUT2D eigenvalue weighted by Crippen LogP contribution is 2.35. The Bertz CT molecular complexity index is 457. The third kappa shape index (κ3) is 4.80. The zero-order valence-corrected chi connectivity index (χ0v) is 14.1. The summed E-state index contributed by atoms with van der Waals surface area (Å²) < 4.78 is 11.3. The third-order valence-electron chi connectivity index (χ3n) is 4.12. The van der Waals surface area contributed by atoms with Crippen molar-refractivity contribution >= 4 is 5.69 Å². The van der Waals surface area contributed by atoms with Gasteiger partial charge in [-0.25, -0.2) is 0 Å². The van der Waals surface area contributed by atoms with Crippen molar-refractivity contribution in [2.75, 3.05) is 38.6 Å². The molecule has 0 atom stereocenters. The summed E-state index contributed by atoms with van der Waals surface area (Å²) in [6.07, 6.45) is 6.30. The van der Waals surface area contributed by atoms with Crippen molar-refractivity contribution in [3.8, 4) is 11.5 Å². The molecule has 0 aliphatic carbocycles. The summed E-state index contributed by atoms with van der Waals surface area (Å²) in [5, 5.41) is 0. The first kappa shape index (κ1) is 16.9. The third-order valence-corrected chi connectivity index (χ3v) is 4.12. The molecule has 2 N–H and O–H groups in total. The second kappa shape index (κ2) is 8.89. The molecule has 0 unspecified atom stereocenters. The van der Waals surface area contributed by atoms with Gasteiger partial charge < -0.3 is 20.1 Å². The maximum Gasteiger partial charge on any atom is 0.184 e. The first-order chi connectivity index (χ1) is 10.7. The van der Waals surface area contributed by atoms with E-state index in [0.29, 0.717) is 24.7 Å². The fourth-order valence-corrected chi connectivity index (χ4v) is 3.08. The molecule has 2 rings (SSSR count). The zero-order valence-electron chi connectivity index (χ0n) is 14.1. The monoisotopic (exact) mass is 306 g/mol. The first-order valence-corrected chi connectivity index (χ1v) is 8.65. The second-order valence-corrected chi connectivity index (χ2v) is 5.88. The van der Waals surface area contributed by atoms with Crippen molar-refractivity contribution in [1.29, 1.82) is 0 Å². The summed E-state index contributed by atoms with van der Waals surface area (Å²) in [5.41, 5.74) is 8.06. The molecule has 0 bridgehead atoms. The topological polar surface area (TPSA) is 47.7 Å². The predicted octanol–water partition coefficient (Wildman–Crippen LogP) is 3.48. The van der Waals surface area contributed by atoms with Crippen LogP contribution in [0.5, 0.6) is 11.5 Å². The van der Waals surface area contributed by atoms with E-state index in [0.717, 1.165) is 12.2 Å². The molecule has 0 spiro atoms. The Morgan fingerprint density at radius 3 is 2.45 bits per heavy atom. The molecule has 4 heteroatoms. The normalized spacial score (nSPS) is 15.7. The fourth-order valence-electron chi connectivity index (χ4n) is 3.08. The largest absolute Gasteiger partial charge is 0.490 e. The van der Waals surface area contributed by atoms with Crippen molar-refractivity contribution < 1.29 is 9.47 Å². The number of likely N-dealkylation sites (tertiary alicyclic amines) is 1.